The lowest BCUT2D eigenvalue weighted by Gasteiger charge is -2.21. The van der Waals surface area contributed by atoms with Crippen LogP contribution in [0.4, 0.5) is 0 Å². The third-order valence-electron chi connectivity index (χ3n) is 3.59. The average molecular weight is 266 g/mol. The summed E-state index contributed by atoms with van der Waals surface area (Å²) in [6.07, 6.45) is 1.60. The molecule has 98 valence electrons. The molecule has 1 N–H and O–H groups in total. The predicted octanol–water partition coefficient (Wildman–Crippen LogP) is 3.67. The molecule has 2 atom stereocenters. The predicted molar refractivity (Wildman–Crippen MR) is 74.9 cm³/mol. The Morgan fingerprint density at radius 1 is 1.44 bits per heavy atom. The molecule has 1 fully saturated rings. The molecular formula is C15H20ClNO. The summed E-state index contributed by atoms with van der Waals surface area (Å²) >= 11 is 6.18. The van der Waals surface area contributed by atoms with E-state index < -0.39 is 0 Å². The Morgan fingerprint density at radius 3 is 2.78 bits per heavy atom. The number of carbonyl (C=O) groups is 1. The van der Waals surface area contributed by atoms with Crippen LogP contribution in [-0.4, -0.2) is 11.9 Å². The van der Waals surface area contributed by atoms with Gasteiger partial charge < -0.3 is 5.32 Å². The molecule has 0 saturated carbocycles. The third kappa shape index (κ3) is 2.86. The van der Waals surface area contributed by atoms with Crippen molar-refractivity contribution in [3.63, 3.8) is 0 Å². The van der Waals surface area contributed by atoms with Gasteiger partial charge in [-0.2, -0.15) is 0 Å². The fourth-order valence-electron chi connectivity index (χ4n) is 2.63. The normalized spacial score (nSPS) is 23.5. The highest BCUT2D eigenvalue weighted by Gasteiger charge is 2.33. The first-order valence-electron chi connectivity index (χ1n) is 6.52. The molecule has 1 aromatic rings. The number of halogens is 1. The fourth-order valence-corrected chi connectivity index (χ4v) is 2.82. The number of benzene rings is 1. The first kappa shape index (κ1) is 13.4. The summed E-state index contributed by atoms with van der Waals surface area (Å²) in [6.45, 7) is 6.36. The van der Waals surface area contributed by atoms with Gasteiger partial charge in [-0.25, -0.2) is 0 Å². The molecule has 0 aliphatic carbocycles. The van der Waals surface area contributed by atoms with Crippen molar-refractivity contribution in [1.82, 2.24) is 5.32 Å². The van der Waals surface area contributed by atoms with Crippen molar-refractivity contribution >= 4 is 17.5 Å². The summed E-state index contributed by atoms with van der Waals surface area (Å²) in [7, 11) is 0. The lowest BCUT2D eigenvalue weighted by Crippen LogP contribution is -2.29. The lowest BCUT2D eigenvalue weighted by molar-refractivity contribution is -0.119. The summed E-state index contributed by atoms with van der Waals surface area (Å²) in [5.74, 6) is 0.997. The number of carbonyl (C=O) groups excluding carboxylic acids is 1. The van der Waals surface area contributed by atoms with Crippen LogP contribution in [0.1, 0.15) is 43.7 Å². The minimum atomic E-state index is 0.155. The van der Waals surface area contributed by atoms with Gasteiger partial charge >= 0.3 is 0 Å². The van der Waals surface area contributed by atoms with Crippen molar-refractivity contribution in [2.24, 2.45) is 5.92 Å². The van der Waals surface area contributed by atoms with E-state index in [1.54, 1.807) is 0 Å². The number of hydrogen-bond donors (Lipinski definition) is 1. The zero-order valence-electron chi connectivity index (χ0n) is 11.2. The van der Waals surface area contributed by atoms with Crippen molar-refractivity contribution in [2.45, 2.75) is 45.6 Å². The van der Waals surface area contributed by atoms with Gasteiger partial charge in [-0.1, -0.05) is 37.6 Å². The largest absolute Gasteiger partial charge is 0.353 e. The fraction of sp³-hybridized carbons (Fsp3) is 0.533. The zero-order valence-corrected chi connectivity index (χ0v) is 11.9. The third-order valence-corrected chi connectivity index (χ3v) is 3.99. The van der Waals surface area contributed by atoms with Crippen LogP contribution in [0.2, 0.25) is 5.02 Å². The molecular weight excluding hydrogens is 246 g/mol. The number of amides is 1. The second kappa shape index (κ2) is 5.31. The molecule has 0 aromatic heterocycles. The summed E-state index contributed by atoms with van der Waals surface area (Å²) in [5.41, 5.74) is 2.26. The minimum absolute atomic E-state index is 0.155. The Hall–Kier alpha value is -1.02. The van der Waals surface area contributed by atoms with Crippen molar-refractivity contribution in [3.8, 4) is 0 Å². The summed E-state index contributed by atoms with van der Waals surface area (Å²) < 4.78 is 0. The molecule has 1 amide bonds. The second-order valence-corrected chi connectivity index (χ2v) is 6.03. The summed E-state index contributed by atoms with van der Waals surface area (Å²) in [4.78, 5) is 11.6. The van der Waals surface area contributed by atoms with Crippen LogP contribution in [-0.2, 0) is 4.79 Å². The van der Waals surface area contributed by atoms with Crippen LogP contribution in [0.5, 0.6) is 0 Å². The highest BCUT2D eigenvalue weighted by molar-refractivity contribution is 6.31. The van der Waals surface area contributed by atoms with E-state index >= 15 is 0 Å². The SMILES string of the molecule is Cc1ccc(C2CC(=O)NC2CC(C)C)cc1Cl. The standard InChI is InChI=1S/C15H20ClNO/c1-9(2)6-14-12(8-15(18)17-14)11-5-4-10(3)13(16)7-11/h4-5,7,9,12,14H,6,8H2,1-3H3,(H,17,18). The lowest BCUT2D eigenvalue weighted by atomic mass is 9.87. The van der Waals surface area contributed by atoms with Gasteiger partial charge in [0.2, 0.25) is 5.91 Å². The molecule has 0 bridgehead atoms. The van der Waals surface area contributed by atoms with Crippen LogP contribution in [0, 0.1) is 12.8 Å². The maximum atomic E-state index is 11.6. The van der Waals surface area contributed by atoms with Crippen molar-refractivity contribution in [3.05, 3.63) is 34.3 Å². The molecule has 0 spiro atoms. The highest BCUT2D eigenvalue weighted by Crippen LogP contribution is 2.33. The zero-order chi connectivity index (χ0) is 13.3. The highest BCUT2D eigenvalue weighted by atomic mass is 35.5. The van der Waals surface area contributed by atoms with E-state index in [4.69, 9.17) is 11.6 Å². The molecule has 0 radical (unpaired) electrons. The van der Waals surface area contributed by atoms with Crippen LogP contribution >= 0.6 is 11.6 Å². The van der Waals surface area contributed by atoms with Gasteiger partial charge in [0.25, 0.3) is 0 Å². The number of aryl methyl sites for hydroxylation is 1. The Bertz CT molecular complexity index is 456. The van der Waals surface area contributed by atoms with Gasteiger partial charge in [-0.05, 0) is 36.5 Å². The van der Waals surface area contributed by atoms with Gasteiger partial charge in [-0.3, -0.25) is 4.79 Å². The summed E-state index contributed by atoms with van der Waals surface area (Å²) in [6, 6.07) is 6.39. The first-order valence-corrected chi connectivity index (χ1v) is 6.90. The van der Waals surface area contributed by atoms with E-state index in [9.17, 15) is 4.79 Å². The van der Waals surface area contributed by atoms with Gasteiger partial charge in [0.15, 0.2) is 0 Å². The van der Waals surface area contributed by atoms with Crippen LogP contribution in [0.3, 0.4) is 0 Å². The molecule has 1 heterocycles. The Labute approximate surface area is 114 Å². The number of rotatable bonds is 3. The van der Waals surface area contributed by atoms with Crippen molar-refractivity contribution in [2.75, 3.05) is 0 Å². The second-order valence-electron chi connectivity index (χ2n) is 5.62. The topological polar surface area (TPSA) is 29.1 Å². The van der Waals surface area contributed by atoms with Crippen molar-refractivity contribution < 1.29 is 4.79 Å². The van der Waals surface area contributed by atoms with E-state index in [1.165, 1.54) is 5.56 Å². The monoisotopic (exact) mass is 265 g/mol. The van der Waals surface area contributed by atoms with E-state index in [-0.39, 0.29) is 17.9 Å². The Balaban J connectivity index is 2.24. The molecule has 1 aromatic carbocycles. The van der Waals surface area contributed by atoms with Gasteiger partial charge in [0.05, 0.1) is 0 Å². The van der Waals surface area contributed by atoms with Crippen LogP contribution < -0.4 is 5.32 Å². The average Bonchev–Trinajstić information content (AvgIpc) is 2.62. The molecule has 3 heteroatoms. The van der Waals surface area contributed by atoms with Crippen LogP contribution in [0.25, 0.3) is 0 Å². The number of hydrogen-bond acceptors (Lipinski definition) is 1. The quantitative estimate of drug-likeness (QED) is 0.888. The van der Waals surface area contributed by atoms with Gasteiger partial charge in [0, 0.05) is 23.4 Å². The molecule has 18 heavy (non-hydrogen) atoms. The number of nitrogens with one attached hydrogen (secondary N) is 1. The maximum Gasteiger partial charge on any atom is 0.220 e. The first-order chi connectivity index (χ1) is 8.47. The molecule has 1 aliphatic heterocycles. The van der Waals surface area contributed by atoms with Gasteiger partial charge in [0.1, 0.15) is 0 Å². The van der Waals surface area contributed by atoms with E-state index in [0.29, 0.717) is 12.3 Å². The van der Waals surface area contributed by atoms with Crippen molar-refractivity contribution in [1.29, 1.82) is 0 Å². The van der Waals surface area contributed by atoms with E-state index in [1.807, 2.05) is 19.1 Å². The molecule has 2 unspecified atom stereocenters. The molecule has 2 rings (SSSR count). The van der Waals surface area contributed by atoms with Crippen LogP contribution in [0.15, 0.2) is 18.2 Å². The molecule has 1 saturated heterocycles. The smallest absolute Gasteiger partial charge is 0.220 e. The minimum Gasteiger partial charge on any atom is -0.353 e. The maximum absolute atomic E-state index is 11.6. The summed E-state index contributed by atoms with van der Waals surface area (Å²) in [5, 5.41) is 3.87. The van der Waals surface area contributed by atoms with E-state index in [0.717, 1.165) is 17.0 Å². The molecule has 2 nitrogen and oxygen atoms in total. The Kier molecular flexibility index (Phi) is 3.96. The Morgan fingerprint density at radius 2 is 2.17 bits per heavy atom. The van der Waals surface area contributed by atoms with Gasteiger partial charge in [-0.15, -0.1) is 0 Å². The molecule has 1 aliphatic rings. The van der Waals surface area contributed by atoms with E-state index in [2.05, 4.69) is 25.2 Å².